The van der Waals surface area contributed by atoms with E-state index < -0.39 is 21.9 Å². The largest absolute Gasteiger partial charge is 0.356 e. The Morgan fingerprint density at radius 2 is 1.75 bits per heavy atom. The molecule has 1 atom stereocenters. The molecule has 3 rings (SSSR count). The van der Waals surface area contributed by atoms with E-state index in [9.17, 15) is 12.8 Å². The van der Waals surface area contributed by atoms with Crippen molar-refractivity contribution in [2.75, 3.05) is 5.32 Å². The molecule has 0 spiro atoms. The Labute approximate surface area is 163 Å². The summed E-state index contributed by atoms with van der Waals surface area (Å²) in [5.74, 6) is -0.230. The molecule has 0 radical (unpaired) electrons. The van der Waals surface area contributed by atoms with Gasteiger partial charge in [0.25, 0.3) is 0 Å². The van der Waals surface area contributed by atoms with Gasteiger partial charge in [0.05, 0.1) is 11.7 Å². The number of hydrogen-bond donors (Lipinski definition) is 2. The molecule has 0 bridgehead atoms. The van der Waals surface area contributed by atoms with Crippen molar-refractivity contribution in [2.24, 2.45) is 0 Å². The van der Waals surface area contributed by atoms with E-state index in [1.165, 1.54) is 24.4 Å². The molecule has 0 amide bonds. The number of benzene rings is 1. The van der Waals surface area contributed by atoms with Gasteiger partial charge < -0.3 is 5.32 Å². The Morgan fingerprint density at radius 1 is 0.964 bits per heavy atom. The molecular weight excluding hydrogens is 379 g/mol. The number of sulfonamides is 1. The predicted octanol–water partition coefficient (Wildman–Crippen LogP) is 3.50. The minimum Gasteiger partial charge on any atom is -0.356 e. The summed E-state index contributed by atoms with van der Waals surface area (Å²) >= 11 is 0. The SMILES string of the molecule is CC(C)NS(=O)(=O)c1cccnc1NC(c1cccc(F)c1)c1ccccn1. The van der Waals surface area contributed by atoms with Gasteiger partial charge in [-0.3, -0.25) is 4.98 Å². The van der Waals surface area contributed by atoms with Crippen LogP contribution in [0.2, 0.25) is 0 Å². The van der Waals surface area contributed by atoms with Crippen LogP contribution in [0.4, 0.5) is 10.2 Å². The molecule has 2 aromatic heterocycles. The number of nitrogens with zero attached hydrogens (tertiary/aromatic N) is 2. The summed E-state index contributed by atoms with van der Waals surface area (Å²) in [7, 11) is -3.78. The molecule has 0 fully saturated rings. The molecule has 2 heterocycles. The van der Waals surface area contributed by atoms with Gasteiger partial charge in [0.2, 0.25) is 10.0 Å². The second kappa shape index (κ2) is 8.45. The number of pyridine rings is 2. The maximum atomic E-state index is 13.8. The molecule has 0 saturated carbocycles. The van der Waals surface area contributed by atoms with E-state index in [2.05, 4.69) is 20.0 Å². The van der Waals surface area contributed by atoms with Crippen LogP contribution in [0.15, 0.2) is 71.9 Å². The molecule has 1 aromatic carbocycles. The highest BCUT2D eigenvalue weighted by Crippen LogP contribution is 2.28. The van der Waals surface area contributed by atoms with Crippen molar-refractivity contribution in [3.05, 3.63) is 84.1 Å². The third-order valence-corrected chi connectivity index (χ3v) is 5.59. The minimum absolute atomic E-state index is 0.0148. The zero-order valence-electron chi connectivity index (χ0n) is 15.5. The maximum absolute atomic E-state index is 13.8. The van der Waals surface area contributed by atoms with Crippen molar-refractivity contribution in [1.82, 2.24) is 14.7 Å². The van der Waals surface area contributed by atoms with Crippen LogP contribution >= 0.6 is 0 Å². The highest BCUT2D eigenvalue weighted by atomic mass is 32.2. The number of hydrogen-bond acceptors (Lipinski definition) is 5. The average Bonchev–Trinajstić information content (AvgIpc) is 2.66. The van der Waals surface area contributed by atoms with Gasteiger partial charge in [0, 0.05) is 18.4 Å². The molecule has 0 aliphatic carbocycles. The first-order valence-corrected chi connectivity index (χ1v) is 10.3. The summed E-state index contributed by atoms with van der Waals surface area (Å²) in [6.45, 7) is 3.48. The normalized spacial score (nSPS) is 12.7. The summed E-state index contributed by atoms with van der Waals surface area (Å²) in [5.41, 5.74) is 1.21. The van der Waals surface area contributed by atoms with Gasteiger partial charge in [-0.15, -0.1) is 0 Å². The van der Waals surface area contributed by atoms with Gasteiger partial charge in [-0.05, 0) is 55.8 Å². The zero-order chi connectivity index (χ0) is 20.1. The van der Waals surface area contributed by atoms with Crippen molar-refractivity contribution in [1.29, 1.82) is 0 Å². The monoisotopic (exact) mass is 400 g/mol. The minimum atomic E-state index is -3.78. The topological polar surface area (TPSA) is 84.0 Å². The molecule has 28 heavy (non-hydrogen) atoms. The predicted molar refractivity (Wildman–Crippen MR) is 106 cm³/mol. The van der Waals surface area contributed by atoms with Gasteiger partial charge in [-0.2, -0.15) is 0 Å². The van der Waals surface area contributed by atoms with Gasteiger partial charge in [0.15, 0.2) is 0 Å². The summed E-state index contributed by atoms with van der Waals surface area (Å²) in [6, 6.07) is 13.6. The van der Waals surface area contributed by atoms with E-state index in [1.54, 1.807) is 50.4 Å². The highest BCUT2D eigenvalue weighted by Gasteiger charge is 2.24. The second-order valence-corrected chi connectivity index (χ2v) is 8.20. The van der Waals surface area contributed by atoms with Crippen LogP contribution < -0.4 is 10.0 Å². The molecule has 3 aromatic rings. The van der Waals surface area contributed by atoms with Crippen LogP contribution in [0.25, 0.3) is 0 Å². The van der Waals surface area contributed by atoms with Gasteiger partial charge >= 0.3 is 0 Å². The molecule has 0 aliphatic heterocycles. The number of nitrogens with one attached hydrogen (secondary N) is 2. The first kappa shape index (κ1) is 19.9. The lowest BCUT2D eigenvalue weighted by molar-refractivity contribution is 0.569. The van der Waals surface area contributed by atoms with E-state index in [1.807, 2.05) is 6.07 Å². The lowest BCUT2D eigenvalue weighted by atomic mass is 10.0. The van der Waals surface area contributed by atoms with Crippen molar-refractivity contribution in [3.8, 4) is 0 Å². The van der Waals surface area contributed by atoms with Crippen LogP contribution in [0, 0.1) is 5.82 Å². The molecular formula is C20H21FN4O2S. The van der Waals surface area contributed by atoms with Gasteiger partial charge in [-0.1, -0.05) is 18.2 Å². The van der Waals surface area contributed by atoms with E-state index in [0.29, 0.717) is 11.3 Å². The van der Waals surface area contributed by atoms with Crippen molar-refractivity contribution < 1.29 is 12.8 Å². The molecule has 0 aliphatic rings. The molecule has 6 nitrogen and oxygen atoms in total. The van der Waals surface area contributed by atoms with Crippen LogP contribution in [-0.2, 0) is 10.0 Å². The standard InChI is InChI=1S/C20H21FN4O2S/c1-14(2)25-28(26,27)18-10-6-12-23-20(18)24-19(17-9-3-4-11-22-17)15-7-5-8-16(21)13-15/h3-14,19,25H,1-2H3,(H,23,24). The van der Waals surface area contributed by atoms with E-state index >= 15 is 0 Å². The maximum Gasteiger partial charge on any atom is 0.244 e. The molecule has 2 N–H and O–H groups in total. The Hall–Kier alpha value is -2.84. The van der Waals surface area contributed by atoms with Crippen molar-refractivity contribution in [3.63, 3.8) is 0 Å². The summed E-state index contributed by atoms with van der Waals surface area (Å²) in [6.07, 6.45) is 3.12. The Balaban J connectivity index is 2.06. The van der Waals surface area contributed by atoms with Crippen LogP contribution in [0.5, 0.6) is 0 Å². The Morgan fingerprint density at radius 3 is 2.43 bits per heavy atom. The average molecular weight is 400 g/mol. The first-order valence-electron chi connectivity index (χ1n) is 8.77. The number of aromatic nitrogens is 2. The van der Waals surface area contributed by atoms with Crippen LogP contribution in [0.3, 0.4) is 0 Å². The summed E-state index contributed by atoms with van der Waals surface area (Å²) in [4.78, 5) is 8.57. The van der Waals surface area contributed by atoms with Crippen molar-refractivity contribution >= 4 is 15.8 Å². The van der Waals surface area contributed by atoms with E-state index in [0.717, 1.165) is 0 Å². The smallest absolute Gasteiger partial charge is 0.244 e. The third kappa shape index (κ3) is 4.71. The van der Waals surface area contributed by atoms with Gasteiger partial charge in [-0.25, -0.2) is 22.5 Å². The molecule has 0 saturated heterocycles. The fourth-order valence-electron chi connectivity index (χ4n) is 2.79. The fourth-order valence-corrected chi connectivity index (χ4v) is 4.16. The third-order valence-electron chi connectivity index (χ3n) is 3.90. The molecule has 8 heteroatoms. The summed E-state index contributed by atoms with van der Waals surface area (Å²) < 4.78 is 41.8. The Kier molecular flexibility index (Phi) is 6.01. The lowest BCUT2D eigenvalue weighted by Crippen LogP contribution is -2.31. The van der Waals surface area contributed by atoms with Crippen molar-refractivity contribution in [2.45, 2.75) is 30.8 Å². The number of anilines is 1. The quantitative estimate of drug-likeness (QED) is 0.634. The lowest BCUT2D eigenvalue weighted by Gasteiger charge is -2.21. The zero-order valence-corrected chi connectivity index (χ0v) is 16.3. The molecule has 146 valence electrons. The highest BCUT2D eigenvalue weighted by molar-refractivity contribution is 7.89. The van der Waals surface area contributed by atoms with Gasteiger partial charge in [0.1, 0.15) is 16.5 Å². The number of rotatable bonds is 7. The fraction of sp³-hybridized carbons (Fsp3) is 0.200. The molecule has 1 unspecified atom stereocenters. The van der Waals surface area contributed by atoms with Crippen LogP contribution in [-0.4, -0.2) is 24.4 Å². The first-order chi connectivity index (χ1) is 13.4. The summed E-state index contributed by atoms with van der Waals surface area (Å²) in [5, 5.41) is 3.13. The van der Waals surface area contributed by atoms with Crippen LogP contribution in [0.1, 0.15) is 31.1 Å². The van der Waals surface area contributed by atoms with E-state index in [4.69, 9.17) is 0 Å². The second-order valence-electron chi connectivity index (χ2n) is 6.51. The van der Waals surface area contributed by atoms with E-state index in [-0.39, 0.29) is 16.8 Å². The Bertz CT molecular complexity index is 1040. The number of halogens is 1.